The first kappa shape index (κ1) is 11.4. The van der Waals surface area contributed by atoms with Crippen molar-refractivity contribution >= 4 is 22.9 Å². The lowest BCUT2D eigenvalue weighted by atomic mass is 10.2. The van der Waals surface area contributed by atoms with E-state index in [2.05, 4.69) is 23.7 Å². The number of rotatable bonds is 5. The minimum absolute atomic E-state index is 0.603. The molecule has 0 bridgehead atoms. The number of thiazole rings is 1. The second-order valence-electron chi connectivity index (χ2n) is 4.55. The van der Waals surface area contributed by atoms with Crippen molar-refractivity contribution in [1.82, 2.24) is 9.88 Å². The summed E-state index contributed by atoms with van der Waals surface area (Å²) < 4.78 is 0.653. The molecule has 1 aromatic heterocycles. The molecule has 1 aliphatic carbocycles. The van der Waals surface area contributed by atoms with E-state index in [-0.39, 0.29) is 0 Å². The van der Waals surface area contributed by atoms with Crippen molar-refractivity contribution in [2.75, 3.05) is 6.54 Å². The Kier molecular flexibility index (Phi) is 3.65. The van der Waals surface area contributed by atoms with Crippen molar-refractivity contribution in [2.24, 2.45) is 5.92 Å². The molecule has 0 aromatic carbocycles. The quantitative estimate of drug-likeness (QED) is 0.789. The molecule has 84 valence electrons. The standard InChI is InChI=1S/C11H17ClN2S/c1-8(2)14(6-9-3-4-9)7-10-5-13-11(12)15-10/h5,8-9H,3-4,6-7H2,1-2H3. The predicted octanol–water partition coefficient (Wildman–Crippen LogP) is 3.42. The van der Waals surface area contributed by atoms with Crippen LogP contribution in [0.1, 0.15) is 31.6 Å². The van der Waals surface area contributed by atoms with Crippen LogP contribution in [0, 0.1) is 5.92 Å². The Labute approximate surface area is 100 Å². The van der Waals surface area contributed by atoms with Gasteiger partial charge in [-0.25, -0.2) is 4.98 Å². The second kappa shape index (κ2) is 4.81. The van der Waals surface area contributed by atoms with Crippen LogP contribution in [0.25, 0.3) is 0 Å². The highest BCUT2D eigenvalue weighted by atomic mass is 35.5. The van der Waals surface area contributed by atoms with Crippen LogP contribution in [0.3, 0.4) is 0 Å². The lowest BCUT2D eigenvalue weighted by Crippen LogP contribution is -2.31. The zero-order valence-electron chi connectivity index (χ0n) is 9.24. The molecule has 0 amide bonds. The molecule has 0 radical (unpaired) electrons. The van der Waals surface area contributed by atoms with Crippen LogP contribution in [0.5, 0.6) is 0 Å². The van der Waals surface area contributed by atoms with Crippen LogP contribution in [-0.4, -0.2) is 22.5 Å². The highest BCUT2D eigenvalue weighted by Gasteiger charge is 2.25. The van der Waals surface area contributed by atoms with Gasteiger partial charge >= 0.3 is 0 Å². The summed E-state index contributed by atoms with van der Waals surface area (Å²) in [6, 6.07) is 0.603. The third-order valence-electron chi connectivity index (χ3n) is 2.80. The van der Waals surface area contributed by atoms with Gasteiger partial charge in [0.2, 0.25) is 0 Å². The number of hydrogen-bond acceptors (Lipinski definition) is 3. The lowest BCUT2D eigenvalue weighted by molar-refractivity contribution is 0.205. The minimum Gasteiger partial charge on any atom is -0.296 e. The summed E-state index contributed by atoms with van der Waals surface area (Å²) in [5.74, 6) is 0.941. The summed E-state index contributed by atoms with van der Waals surface area (Å²) >= 11 is 7.42. The Hall–Kier alpha value is -0.120. The molecule has 0 aliphatic heterocycles. The van der Waals surface area contributed by atoms with Crippen LogP contribution in [0.4, 0.5) is 0 Å². The summed E-state index contributed by atoms with van der Waals surface area (Å²) in [4.78, 5) is 7.87. The molecule has 1 saturated carbocycles. The van der Waals surface area contributed by atoms with Gasteiger partial charge in [0, 0.05) is 30.2 Å². The average Bonchev–Trinajstić information content (AvgIpc) is 2.89. The van der Waals surface area contributed by atoms with Crippen molar-refractivity contribution < 1.29 is 0 Å². The summed E-state index contributed by atoms with van der Waals surface area (Å²) in [7, 11) is 0. The fourth-order valence-corrected chi connectivity index (χ4v) is 2.65. The first-order valence-electron chi connectivity index (χ1n) is 5.49. The van der Waals surface area contributed by atoms with Gasteiger partial charge in [0.15, 0.2) is 4.47 Å². The molecule has 1 aliphatic rings. The van der Waals surface area contributed by atoms with Crippen molar-refractivity contribution in [2.45, 2.75) is 39.3 Å². The molecule has 0 N–H and O–H groups in total. The van der Waals surface area contributed by atoms with E-state index in [1.807, 2.05) is 6.20 Å². The van der Waals surface area contributed by atoms with E-state index < -0.39 is 0 Å². The van der Waals surface area contributed by atoms with Crippen LogP contribution < -0.4 is 0 Å². The molecular weight excluding hydrogens is 228 g/mol. The molecule has 4 heteroatoms. The first-order chi connectivity index (χ1) is 7.15. The minimum atomic E-state index is 0.603. The first-order valence-corrected chi connectivity index (χ1v) is 6.69. The van der Waals surface area contributed by atoms with Gasteiger partial charge in [0.25, 0.3) is 0 Å². The Morgan fingerprint density at radius 3 is 2.80 bits per heavy atom. The molecule has 2 nitrogen and oxygen atoms in total. The molecule has 0 saturated heterocycles. The summed E-state index contributed by atoms with van der Waals surface area (Å²) in [5.41, 5.74) is 0. The lowest BCUT2D eigenvalue weighted by Gasteiger charge is -2.25. The van der Waals surface area contributed by atoms with Gasteiger partial charge in [0.1, 0.15) is 0 Å². The van der Waals surface area contributed by atoms with Gasteiger partial charge in [0.05, 0.1) is 0 Å². The third kappa shape index (κ3) is 3.44. The van der Waals surface area contributed by atoms with E-state index >= 15 is 0 Å². The zero-order chi connectivity index (χ0) is 10.8. The summed E-state index contributed by atoms with van der Waals surface area (Å²) in [6.45, 7) is 6.74. The number of nitrogens with zero attached hydrogens (tertiary/aromatic N) is 2. The average molecular weight is 245 g/mol. The van der Waals surface area contributed by atoms with Crippen molar-refractivity contribution in [1.29, 1.82) is 0 Å². The van der Waals surface area contributed by atoms with Crippen molar-refractivity contribution in [3.8, 4) is 0 Å². The Bertz CT molecular complexity index is 320. The SMILES string of the molecule is CC(C)N(Cc1cnc(Cl)s1)CC1CC1. The predicted molar refractivity (Wildman–Crippen MR) is 65.4 cm³/mol. The molecule has 1 aromatic rings. The zero-order valence-corrected chi connectivity index (χ0v) is 10.8. The van der Waals surface area contributed by atoms with Crippen LogP contribution in [0.15, 0.2) is 6.20 Å². The number of aromatic nitrogens is 1. The van der Waals surface area contributed by atoms with Crippen molar-refractivity contribution in [3.63, 3.8) is 0 Å². The molecular formula is C11H17ClN2S. The van der Waals surface area contributed by atoms with Crippen LogP contribution >= 0.6 is 22.9 Å². The molecule has 0 spiro atoms. The molecule has 15 heavy (non-hydrogen) atoms. The molecule has 0 unspecified atom stereocenters. The highest BCUT2D eigenvalue weighted by molar-refractivity contribution is 7.15. The van der Waals surface area contributed by atoms with Crippen molar-refractivity contribution in [3.05, 3.63) is 15.5 Å². The van der Waals surface area contributed by atoms with Crippen LogP contribution in [0.2, 0.25) is 4.47 Å². The topological polar surface area (TPSA) is 16.1 Å². The van der Waals surface area contributed by atoms with Gasteiger partial charge in [-0.1, -0.05) is 11.6 Å². The van der Waals surface area contributed by atoms with Gasteiger partial charge in [-0.15, -0.1) is 11.3 Å². The second-order valence-corrected chi connectivity index (χ2v) is 6.24. The fraction of sp³-hybridized carbons (Fsp3) is 0.727. The number of halogens is 1. The van der Waals surface area contributed by atoms with Gasteiger partial charge in [-0.3, -0.25) is 4.90 Å². The van der Waals surface area contributed by atoms with Gasteiger partial charge in [-0.05, 0) is 32.6 Å². The maximum absolute atomic E-state index is 5.83. The van der Waals surface area contributed by atoms with Crippen LogP contribution in [-0.2, 0) is 6.54 Å². The summed E-state index contributed by atoms with van der Waals surface area (Å²) in [6.07, 6.45) is 4.72. The Balaban J connectivity index is 1.92. The van der Waals surface area contributed by atoms with Gasteiger partial charge < -0.3 is 0 Å². The Morgan fingerprint density at radius 1 is 1.60 bits per heavy atom. The molecule has 0 atom stereocenters. The van der Waals surface area contributed by atoms with E-state index in [1.165, 1.54) is 24.3 Å². The van der Waals surface area contributed by atoms with Gasteiger partial charge in [-0.2, -0.15) is 0 Å². The van der Waals surface area contributed by atoms with E-state index in [0.717, 1.165) is 12.5 Å². The van der Waals surface area contributed by atoms with E-state index in [4.69, 9.17) is 11.6 Å². The normalized spacial score (nSPS) is 16.6. The monoisotopic (exact) mass is 244 g/mol. The maximum Gasteiger partial charge on any atom is 0.183 e. The molecule has 1 heterocycles. The van der Waals surface area contributed by atoms with E-state index in [9.17, 15) is 0 Å². The van der Waals surface area contributed by atoms with E-state index in [0.29, 0.717) is 10.5 Å². The maximum atomic E-state index is 5.83. The molecule has 1 fully saturated rings. The third-order valence-corrected chi connectivity index (χ3v) is 3.90. The summed E-state index contributed by atoms with van der Waals surface area (Å²) in [5, 5.41) is 0. The largest absolute Gasteiger partial charge is 0.296 e. The highest BCUT2D eigenvalue weighted by Crippen LogP contribution is 2.31. The van der Waals surface area contributed by atoms with E-state index in [1.54, 1.807) is 11.3 Å². The fourth-order valence-electron chi connectivity index (χ4n) is 1.65. The number of hydrogen-bond donors (Lipinski definition) is 0. The Morgan fingerprint density at radius 2 is 2.33 bits per heavy atom. The smallest absolute Gasteiger partial charge is 0.183 e. The molecule has 2 rings (SSSR count).